The lowest BCUT2D eigenvalue weighted by molar-refractivity contribution is 0.0955. The molecule has 28 heavy (non-hydrogen) atoms. The molecule has 4 nitrogen and oxygen atoms in total. The van der Waals surface area contributed by atoms with E-state index in [2.05, 4.69) is 42.4 Å². The van der Waals surface area contributed by atoms with Crippen LogP contribution in [-0.4, -0.2) is 12.1 Å². The molecule has 0 atom stereocenters. The molecule has 3 rings (SSSR count). The Hall–Kier alpha value is -2.51. The van der Waals surface area contributed by atoms with Crippen LogP contribution in [0.1, 0.15) is 21.5 Å². The number of carbonyl (C=O) groups excluding carboxylic acids is 1. The van der Waals surface area contributed by atoms with Gasteiger partial charge in [0.15, 0.2) is 0 Å². The number of rotatable bonds is 6. The van der Waals surface area contributed by atoms with Crippen molar-refractivity contribution in [2.75, 3.05) is 0 Å². The number of ether oxygens (including phenoxy) is 1. The predicted octanol–water partition coefficient (Wildman–Crippen LogP) is 5.69. The summed E-state index contributed by atoms with van der Waals surface area (Å²) in [6.45, 7) is 0.328. The Morgan fingerprint density at radius 3 is 2.57 bits per heavy atom. The highest BCUT2D eigenvalue weighted by Crippen LogP contribution is 2.26. The van der Waals surface area contributed by atoms with Crippen molar-refractivity contribution < 1.29 is 13.9 Å². The highest BCUT2D eigenvalue weighted by Gasteiger charge is 2.05. The van der Waals surface area contributed by atoms with Crippen molar-refractivity contribution in [3.8, 4) is 5.75 Å². The first-order chi connectivity index (χ1) is 13.5. The van der Waals surface area contributed by atoms with Gasteiger partial charge in [-0.2, -0.15) is 5.10 Å². The number of nitrogens with zero attached hydrogens (tertiary/aromatic N) is 1. The Bertz CT molecular complexity index is 1010. The van der Waals surface area contributed by atoms with Gasteiger partial charge in [0.05, 0.1) is 10.7 Å². The van der Waals surface area contributed by atoms with Gasteiger partial charge in [-0.05, 0) is 75.6 Å². The first-order valence-corrected chi connectivity index (χ1v) is 9.85. The normalized spacial score (nSPS) is 10.8. The minimum absolute atomic E-state index is 0.277. The summed E-state index contributed by atoms with van der Waals surface area (Å²) < 4.78 is 20.2. The van der Waals surface area contributed by atoms with Crippen molar-refractivity contribution in [3.63, 3.8) is 0 Å². The molecule has 7 heteroatoms. The molecule has 0 saturated carbocycles. The Morgan fingerprint density at radius 1 is 1.07 bits per heavy atom. The van der Waals surface area contributed by atoms with Crippen LogP contribution in [0.2, 0.25) is 0 Å². The molecule has 0 heterocycles. The fraction of sp³-hybridized carbons (Fsp3) is 0.0476. The van der Waals surface area contributed by atoms with Crippen LogP contribution in [0.25, 0.3) is 0 Å². The highest BCUT2D eigenvalue weighted by atomic mass is 79.9. The summed E-state index contributed by atoms with van der Waals surface area (Å²) in [6, 6.07) is 18.6. The summed E-state index contributed by atoms with van der Waals surface area (Å²) in [5.41, 5.74) is 4.66. The van der Waals surface area contributed by atoms with Crippen LogP contribution >= 0.6 is 31.9 Å². The van der Waals surface area contributed by atoms with E-state index in [9.17, 15) is 9.18 Å². The van der Waals surface area contributed by atoms with E-state index in [0.29, 0.717) is 17.9 Å². The van der Waals surface area contributed by atoms with Gasteiger partial charge >= 0.3 is 0 Å². The summed E-state index contributed by atoms with van der Waals surface area (Å²) in [5.74, 6) is 0.0797. The van der Waals surface area contributed by atoms with Gasteiger partial charge in [0.2, 0.25) is 0 Å². The number of benzene rings is 3. The minimum Gasteiger partial charge on any atom is -0.488 e. The molecule has 0 aliphatic rings. The summed E-state index contributed by atoms with van der Waals surface area (Å²) in [4.78, 5) is 12.1. The zero-order valence-corrected chi connectivity index (χ0v) is 17.7. The monoisotopic (exact) mass is 504 g/mol. The fourth-order valence-electron chi connectivity index (χ4n) is 2.32. The Morgan fingerprint density at radius 2 is 1.86 bits per heavy atom. The van der Waals surface area contributed by atoms with Crippen LogP contribution in [0.15, 0.2) is 80.8 Å². The van der Waals surface area contributed by atoms with Crippen LogP contribution in [0, 0.1) is 5.82 Å². The molecule has 0 saturated heterocycles. The van der Waals surface area contributed by atoms with Crippen LogP contribution in [-0.2, 0) is 6.61 Å². The van der Waals surface area contributed by atoms with Crippen LogP contribution in [0.5, 0.6) is 5.75 Å². The molecule has 3 aromatic carbocycles. The quantitative estimate of drug-likeness (QED) is 0.345. The second kappa shape index (κ2) is 9.61. The maximum atomic E-state index is 12.9. The van der Waals surface area contributed by atoms with Crippen molar-refractivity contribution in [2.24, 2.45) is 5.10 Å². The van der Waals surface area contributed by atoms with E-state index >= 15 is 0 Å². The first-order valence-electron chi connectivity index (χ1n) is 8.27. The van der Waals surface area contributed by atoms with Gasteiger partial charge in [-0.3, -0.25) is 4.79 Å². The predicted molar refractivity (Wildman–Crippen MR) is 114 cm³/mol. The maximum absolute atomic E-state index is 12.9. The molecule has 1 amide bonds. The standard InChI is InChI=1S/C21H15Br2FN2O2/c22-17-3-1-2-16(11-17)21(27)26-25-12-15-6-9-20(19(23)10-15)28-13-14-4-7-18(24)8-5-14/h1-12H,13H2,(H,26,27)/b25-12-. The average molecular weight is 506 g/mol. The molecular weight excluding hydrogens is 491 g/mol. The number of amides is 1. The summed E-state index contributed by atoms with van der Waals surface area (Å²) in [5, 5.41) is 3.98. The summed E-state index contributed by atoms with van der Waals surface area (Å²) in [6.07, 6.45) is 1.55. The van der Waals surface area contributed by atoms with Crippen molar-refractivity contribution in [3.05, 3.63) is 98.2 Å². The number of nitrogens with one attached hydrogen (secondary N) is 1. The van der Waals surface area contributed by atoms with E-state index < -0.39 is 0 Å². The van der Waals surface area contributed by atoms with Crippen molar-refractivity contribution in [2.45, 2.75) is 6.61 Å². The lowest BCUT2D eigenvalue weighted by atomic mass is 10.2. The lowest BCUT2D eigenvalue weighted by Gasteiger charge is -2.09. The Balaban J connectivity index is 1.58. The number of carbonyl (C=O) groups is 1. The highest BCUT2D eigenvalue weighted by molar-refractivity contribution is 9.10. The van der Waals surface area contributed by atoms with E-state index in [-0.39, 0.29) is 11.7 Å². The first kappa shape index (κ1) is 20.2. The van der Waals surface area contributed by atoms with Crippen molar-refractivity contribution in [1.82, 2.24) is 5.43 Å². The molecule has 142 valence electrons. The largest absolute Gasteiger partial charge is 0.488 e. The molecule has 0 aliphatic carbocycles. The number of hydrogen-bond donors (Lipinski definition) is 1. The Labute approximate surface area is 178 Å². The van der Waals surface area contributed by atoms with Gasteiger partial charge in [-0.25, -0.2) is 9.82 Å². The minimum atomic E-state index is -0.295. The molecule has 0 bridgehead atoms. The Kier molecular flexibility index (Phi) is 6.95. The lowest BCUT2D eigenvalue weighted by Crippen LogP contribution is -2.17. The van der Waals surface area contributed by atoms with Crippen LogP contribution in [0.4, 0.5) is 4.39 Å². The molecule has 3 aromatic rings. The average Bonchev–Trinajstić information content (AvgIpc) is 2.68. The van der Waals surface area contributed by atoms with E-state index in [1.165, 1.54) is 12.1 Å². The second-order valence-electron chi connectivity index (χ2n) is 5.81. The third-order valence-corrected chi connectivity index (χ3v) is 4.84. The zero-order valence-electron chi connectivity index (χ0n) is 14.5. The van der Waals surface area contributed by atoms with Gasteiger partial charge < -0.3 is 4.74 Å². The van der Waals surface area contributed by atoms with Gasteiger partial charge in [0.25, 0.3) is 5.91 Å². The second-order valence-corrected chi connectivity index (χ2v) is 7.58. The van der Waals surface area contributed by atoms with Gasteiger partial charge in [0.1, 0.15) is 18.2 Å². The summed E-state index contributed by atoms with van der Waals surface area (Å²) >= 11 is 6.79. The molecule has 0 aliphatic heterocycles. The molecule has 0 aromatic heterocycles. The topological polar surface area (TPSA) is 50.7 Å². The third-order valence-electron chi connectivity index (χ3n) is 3.73. The zero-order chi connectivity index (χ0) is 19.9. The third kappa shape index (κ3) is 5.74. The fourth-order valence-corrected chi connectivity index (χ4v) is 3.23. The number of hydrogen-bond acceptors (Lipinski definition) is 3. The van der Waals surface area contributed by atoms with E-state index in [1.807, 2.05) is 18.2 Å². The van der Waals surface area contributed by atoms with Crippen molar-refractivity contribution in [1.29, 1.82) is 0 Å². The molecule has 0 fully saturated rings. The van der Waals surface area contributed by atoms with Crippen LogP contribution in [0.3, 0.4) is 0 Å². The van der Waals surface area contributed by atoms with E-state index in [4.69, 9.17) is 4.74 Å². The molecule has 0 radical (unpaired) electrons. The molecule has 1 N–H and O–H groups in total. The van der Waals surface area contributed by atoms with Gasteiger partial charge in [-0.15, -0.1) is 0 Å². The molecule has 0 unspecified atom stereocenters. The molecular formula is C21H15Br2FN2O2. The SMILES string of the molecule is O=C(N/N=C\c1ccc(OCc2ccc(F)cc2)c(Br)c1)c1cccc(Br)c1. The van der Waals surface area contributed by atoms with E-state index in [0.717, 1.165) is 20.1 Å². The smallest absolute Gasteiger partial charge is 0.271 e. The maximum Gasteiger partial charge on any atom is 0.271 e. The van der Waals surface area contributed by atoms with Crippen molar-refractivity contribution >= 4 is 44.0 Å². The number of halogens is 3. The van der Waals surface area contributed by atoms with Gasteiger partial charge in [-0.1, -0.05) is 34.1 Å². The summed E-state index contributed by atoms with van der Waals surface area (Å²) in [7, 11) is 0. The molecule has 0 spiro atoms. The van der Waals surface area contributed by atoms with Crippen LogP contribution < -0.4 is 10.2 Å². The van der Waals surface area contributed by atoms with E-state index in [1.54, 1.807) is 42.6 Å². The van der Waals surface area contributed by atoms with Gasteiger partial charge in [0, 0.05) is 10.0 Å². The number of hydrazone groups is 1.